The quantitative estimate of drug-likeness (QED) is 0.594. The van der Waals surface area contributed by atoms with Crippen molar-refractivity contribution in [3.05, 3.63) is 33.4 Å². The zero-order valence-corrected chi connectivity index (χ0v) is 18.1. The Kier molecular flexibility index (Phi) is 4.68. The van der Waals surface area contributed by atoms with Gasteiger partial charge in [-0.3, -0.25) is 4.79 Å². The summed E-state index contributed by atoms with van der Waals surface area (Å²) in [6.45, 7) is 1.43. The predicted molar refractivity (Wildman–Crippen MR) is 117 cm³/mol. The number of ether oxygens (including phenoxy) is 1. The highest BCUT2D eigenvalue weighted by Crippen LogP contribution is 2.47. The van der Waals surface area contributed by atoms with E-state index in [1.54, 1.807) is 11.0 Å². The lowest BCUT2D eigenvalue weighted by atomic mass is 10.2. The van der Waals surface area contributed by atoms with Crippen LogP contribution < -0.4 is 15.0 Å². The maximum Gasteiger partial charge on any atom is 0.332 e. The third kappa shape index (κ3) is 2.88. The van der Waals surface area contributed by atoms with E-state index in [1.807, 2.05) is 0 Å². The lowest BCUT2D eigenvalue weighted by molar-refractivity contribution is 0.0798. The minimum atomic E-state index is -0.484. The number of likely N-dealkylation sites (tertiary alicyclic amines) is 1. The third-order valence-corrected chi connectivity index (χ3v) is 6.85. The van der Waals surface area contributed by atoms with Crippen molar-refractivity contribution < 1.29 is 14.3 Å². The molecule has 3 amide bonds. The van der Waals surface area contributed by atoms with Crippen LogP contribution in [0.4, 0.5) is 22.0 Å². The zero-order valence-electron chi connectivity index (χ0n) is 15.7. The Hall–Kier alpha value is -2.62. The van der Waals surface area contributed by atoms with E-state index in [-0.39, 0.29) is 10.9 Å². The summed E-state index contributed by atoms with van der Waals surface area (Å²) in [5, 5.41) is 4.03. The van der Waals surface area contributed by atoms with Crippen molar-refractivity contribution in [2.45, 2.75) is 12.8 Å². The van der Waals surface area contributed by atoms with Gasteiger partial charge in [0.05, 0.1) is 33.9 Å². The van der Waals surface area contributed by atoms with Crippen molar-refractivity contribution in [2.24, 2.45) is 0 Å². The van der Waals surface area contributed by atoms with Crippen LogP contribution in [-0.2, 0) is 0 Å². The molecule has 0 aliphatic carbocycles. The smallest absolute Gasteiger partial charge is 0.332 e. The highest BCUT2D eigenvalue weighted by Gasteiger charge is 2.36. The number of hydrogen-bond acceptors (Lipinski definition) is 6. The molecule has 0 bridgehead atoms. The molecule has 3 aromatic rings. The first-order chi connectivity index (χ1) is 14.5. The van der Waals surface area contributed by atoms with Gasteiger partial charge in [0, 0.05) is 19.2 Å². The number of anilines is 3. The second-order valence-electron chi connectivity index (χ2n) is 6.89. The third-order valence-electron chi connectivity index (χ3n) is 5.16. The van der Waals surface area contributed by atoms with Crippen molar-refractivity contribution in [1.29, 1.82) is 0 Å². The molecule has 0 atom stereocenters. The van der Waals surface area contributed by atoms with Crippen molar-refractivity contribution in [3.8, 4) is 5.75 Å². The van der Waals surface area contributed by atoms with Gasteiger partial charge in [-0.15, -0.1) is 11.3 Å². The Bertz CT molecular complexity index is 1210. The number of nitrogens with one attached hydrogen (secondary N) is 1. The fraction of sp³-hybridized carbons (Fsp3) is 0.263. The molecule has 1 fully saturated rings. The number of carbonyl (C=O) groups excluding carboxylic acids is 2. The summed E-state index contributed by atoms with van der Waals surface area (Å²) in [6, 6.07) is 2.60. The van der Waals surface area contributed by atoms with E-state index < -0.39 is 6.03 Å². The topological polar surface area (TPSA) is 87.7 Å². The molecule has 0 saturated carbocycles. The summed E-state index contributed by atoms with van der Waals surface area (Å²) in [6.07, 6.45) is 3.33. The lowest BCUT2D eigenvalue weighted by Crippen LogP contribution is -2.36. The molecule has 1 N–H and O–H groups in total. The molecule has 2 aliphatic rings. The van der Waals surface area contributed by atoms with Gasteiger partial charge in [-0.25, -0.2) is 19.7 Å². The number of hydrogen-bond donors (Lipinski definition) is 1. The van der Waals surface area contributed by atoms with Crippen molar-refractivity contribution in [2.75, 3.05) is 30.4 Å². The number of halogens is 2. The van der Waals surface area contributed by atoms with E-state index >= 15 is 0 Å². The summed E-state index contributed by atoms with van der Waals surface area (Å²) < 4.78 is 5.27. The van der Waals surface area contributed by atoms with Crippen LogP contribution in [0, 0.1) is 0 Å². The number of nitrogens with zero attached hydrogens (tertiary/aromatic N) is 4. The molecular formula is C19H15Cl2N5O3S. The van der Waals surface area contributed by atoms with E-state index in [4.69, 9.17) is 27.9 Å². The highest BCUT2D eigenvalue weighted by molar-refractivity contribution is 7.21. The Labute approximate surface area is 185 Å². The van der Waals surface area contributed by atoms with Crippen molar-refractivity contribution in [1.82, 2.24) is 14.9 Å². The molecule has 30 heavy (non-hydrogen) atoms. The highest BCUT2D eigenvalue weighted by atomic mass is 35.5. The number of amides is 3. The van der Waals surface area contributed by atoms with Crippen LogP contribution in [0.3, 0.4) is 0 Å². The Morgan fingerprint density at radius 2 is 1.97 bits per heavy atom. The van der Waals surface area contributed by atoms with Crippen LogP contribution in [0.1, 0.15) is 22.5 Å². The maximum absolute atomic E-state index is 13.1. The first-order valence-corrected chi connectivity index (χ1v) is 10.8. The number of carbonyl (C=O) groups is 2. The largest absolute Gasteiger partial charge is 0.495 e. The minimum Gasteiger partial charge on any atom is -0.495 e. The molecule has 5 rings (SSSR count). The molecule has 11 heteroatoms. The molecule has 1 saturated heterocycles. The molecule has 0 radical (unpaired) electrons. The normalized spacial score (nSPS) is 15.6. The van der Waals surface area contributed by atoms with E-state index in [0.29, 0.717) is 56.1 Å². The van der Waals surface area contributed by atoms with Crippen molar-refractivity contribution in [3.63, 3.8) is 0 Å². The molecule has 0 spiro atoms. The van der Waals surface area contributed by atoms with Crippen LogP contribution in [-0.4, -0.2) is 47.0 Å². The number of benzene rings is 1. The van der Waals surface area contributed by atoms with Gasteiger partial charge >= 0.3 is 6.03 Å². The number of aromatic nitrogens is 2. The van der Waals surface area contributed by atoms with Crippen LogP contribution in [0.15, 0.2) is 18.5 Å². The molecule has 154 valence electrons. The SMILES string of the molecule is COc1cc(N2C(=O)Nc3c(C(=O)N4CCCC4)sc4ncnc2c34)c(Cl)cc1Cl. The second-order valence-corrected chi connectivity index (χ2v) is 8.70. The van der Waals surface area contributed by atoms with Gasteiger partial charge in [0.15, 0.2) is 5.82 Å². The zero-order chi connectivity index (χ0) is 21.0. The van der Waals surface area contributed by atoms with Gasteiger partial charge in [-0.2, -0.15) is 0 Å². The average Bonchev–Trinajstić information content (AvgIpc) is 3.38. The number of urea groups is 1. The maximum atomic E-state index is 13.1. The lowest BCUT2D eigenvalue weighted by Gasteiger charge is -2.28. The Morgan fingerprint density at radius 3 is 2.70 bits per heavy atom. The van der Waals surface area contributed by atoms with Gasteiger partial charge in [-0.1, -0.05) is 23.2 Å². The van der Waals surface area contributed by atoms with Crippen LogP contribution in [0.2, 0.25) is 10.0 Å². The van der Waals surface area contributed by atoms with E-state index in [0.717, 1.165) is 12.8 Å². The molecule has 0 unspecified atom stereocenters. The Balaban J connectivity index is 1.68. The Morgan fingerprint density at radius 1 is 1.20 bits per heavy atom. The molecule has 2 aromatic heterocycles. The standard InChI is InChI=1S/C19H15Cl2N5O3S/c1-29-12-7-11(9(20)6-10(12)21)26-16-13-14(24-19(26)28)15(30-17(13)23-8-22-16)18(27)25-4-2-3-5-25/h6-8H,2-5H2,1H3,(H,24,28). The molecule has 8 nitrogen and oxygen atoms in total. The van der Waals surface area contributed by atoms with Crippen LogP contribution >= 0.6 is 34.5 Å². The number of rotatable bonds is 3. The predicted octanol–water partition coefficient (Wildman–Crippen LogP) is 4.93. The van der Waals surface area contributed by atoms with Crippen LogP contribution in [0.5, 0.6) is 5.75 Å². The van der Waals surface area contributed by atoms with Gasteiger partial charge in [-0.05, 0) is 18.9 Å². The average molecular weight is 464 g/mol. The second kappa shape index (κ2) is 7.26. The van der Waals surface area contributed by atoms with Crippen LogP contribution in [0.25, 0.3) is 10.2 Å². The minimum absolute atomic E-state index is 0.101. The van der Waals surface area contributed by atoms with Gasteiger partial charge in [0.25, 0.3) is 5.91 Å². The van der Waals surface area contributed by atoms with E-state index in [1.165, 1.54) is 35.7 Å². The summed E-state index contributed by atoms with van der Waals surface area (Å²) in [4.78, 5) is 39.0. The van der Waals surface area contributed by atoms with Gasteiger partial charge < -0.3 is 15.0 Å². The first-order valence-electron chi connectivity index (χ1n) is 9.20. The summed E-state index contributed by atoms with van der Waals surface area (Å²) in [5.41, 5.74) is 0.806. The summed E-state index contributed by atoms with van der Waals surface area (Å²) in [5.74, 6) is 0.619. The number of methoxy groups -OCH3 is 1. The fourth-order valence-corrected chi connectivity index (χ4v) is 5.36. The summed E-state index contributed by atoms with van der Waals surface area (Å²) in [7, 11) is 1.48. The number of thiophene rings is 1. The van der Waals surface area contributed by atoms with Gasteiger partial charge in [0.1, 0.15) is 21.8 Å². The van der Waals surface area contributed by atoms with E-state index in [2.05, 4.69) is 15.3 Å². The van der Waals surface area contributed by atoms with Crippen molar-refractivity contribution >= 4 is 73.9 Å². The first kappa shape index (κ1) is 19.3. The van der Waals surface area contributed by atoms with Gasteiger partial charge in [0.2, 0.25) is 0 Å². The molecular weight excluding hydrogens is 449 g/mol. The molecule has 4 heterocycles. The summed E-state index contributed by atoms with van der Waals surface area (Å²) >= 11 is 13.8. The van der Waals surface area contributed by atoms with E-state index in [9.17, 15) is 9.59 Å². The molecule has 1 aromatic carbocycles. The fourth-order valence-electron chi connectivity index (χ4n) is 3.75. The monoisotopic (exact) mass is 463 g/mol. The molecule has 2 aliphatic heterocycles.